The number of hydrogen-bond acceptors (Lipinski definition) is 8. The van der Waals surface area contributed by atoms with Crippen molar-refractivity contribution >= 4 is 11.9 Å². The molecule has 0 spiro atoms. The van der Waals surface area contributed by atoms with Gasteiger partial charge in [-0.05, 0) is 27.2 Å². The van der Waals surface area contributed by atoms with E-state index in [1.54, 1.807) is 20.8 Å². The lowest BCUT2D eigenvalue weighted by atomic mass is 10.0. The molecule has 0 fully saturated rings. The van der Waals surface area contributed by atoms with E-state index in [9.17, 15) is 30.0 Å². The maximum atomic E-state index is 11.7. The van der Waals surface area contributed by atoms with Crippen LogP contribution in [0.3, 0.4) is 0 Å². The molecule has 5 atom stereocenters. The fraction of sp³-hybridized carbons (Fsp3) is 0.867. The zero-order valence-electron chi connectivity index (χ0n) is 14.7. The SMILES string of the molecule is CC(C)(C)NC(CCC(=O)NCC(O)C(O)C(O)C(O)CO)C(=O)O. The second kappa shape index (κ2) is 10.6. The highest BCUT2D eigenvalue weighted by atomic mass is 16.4. The Labute approximate surface area is 146 Å². The molecule has 0 saturated carbocycles. The molecule has 0 aliphatic carbocycles. The number of aliphatic carboxylic acids is 1. The second-order valence-electron chi connectivity index (χ2n) is 6.93. The summed E-state index contributed by atoms with van der Waals surface area (Å²) in [6.45, 7) is 4.20. The minimum absolute atomic E-state index is 0.0307. The molecule has 0 aromatic rings. The molecule has 1 amide bonds. The van der Waals surface area contributed by atoms with Gasteiger partial charge < -0.3 is 36.0 Å². The molecule has 8 N–H and O–H groups in total. The third kappa shape index (κ3) is 9.68. The molecule has 0 aromatic heterocycles. The first-order valence-corrected chi connectivity index (χ1v) is 7.99. The Hall–Kier alpha value is -1.30. The van der Waals surface area contributed by atoms with E-state index in [0.29, 0.717) is 0 Å². The molecule has 10 heteroatoms. The van der Waals surface area contributed by atoms with E-state index in [1.165, 1.54) is 0 Å². The summed E-state index contributed by atoms with van der Waals surface area (Å²) in [6, 6.07) is -0.914. The van der Waals surface area contributed by atoms with Crippen LogP contribution in [0.4, 0.5) is 0 Å². The van der Waals surface area contributed by atoms with E-state index in [0.717, 1.165) is 0 Å². The predicted molar refractivity (Wildman–Crippen MR) is 87.7 cm³/mol. The molecular formula is C15H30N2O8. The van der Waals surface area contributed by atoms with Crippen LogP contribution in [0, 0.1) is 0 Å². The van der Waals surface area contributed by atoms with Crippen LogP contribution in [0.5, 0.6) is 0 Å². The van der Waals surface area contributed by atoms with Crippen molar-refractivity contribution in [3.05, 3.63) is 0 Å². The lowest BCUT2D eigenvalue weighted by Crippen LogP contribution is -2.50. The number of carboxylic acid groups (broad SMARTS) is 1. The average Bonchev–Trinajstić information content (AvgIpc) is 2.52. The summed E-state index contributed by atoms with van der Waals surface area (Å²) in [6.07, 6.45) is -6.82. The van der Waals surface area contributed by atoms with Gasteiger partial charge in [-0.25, -0.2) is 0 Å². The van der Waals surface area contributed by atoms with Crippen LogP contribution in [0.25, 0.3) is 0 Å². The van der Waals surface area contributed by atoms with Crippen LogP contribution in [-0.4, -0.2) is 91.7 Å². The zero-order valence-corrected chi connectivity index (χ0v) is 14.7. The second-order valence-corrected chi connectivity index (χ2v) is 6.93. The van der Waals surface area contributed by atoms with E-state index in [1.807, 2.05) is 0 Å². The Morgan fingerprint density at radius 3 is 1.96 bits per heavy atom. The minimum Gasteiger partial charge on any atom is -0.480 e. The highest BCUT2D eigenvalue weighted by Gasteiger charge is 2.30. The first-order valence-electron chi connectivity index (χ1n) is 7.99. The smallest absolute Gasteiger partial charge is 0.320 e. The van der Waals surface area contributed by atoms with Gasteiger partial charge in [-0.2, -0.15) is 0 Å². The summed E-state index contributed by atoms with van der Waals surface area (Å²) in [5.74, 6) is -1.62. The topological polar surface area (TPSA) is 180 Å². The van der Waals surface area contributed by atoms with Gasteiger partial charge in [-0.3, -0.25) is 14.9 Å². The molecule has 0 aromatic carbocycles. The fourth-order valence-corrected chi connectivity index (χ4v) is 2.05. The van der Waals surface area contributed by atoms with Gasteiger partial charge in [0.2, 0.25) is 5.91 Å². The lowest BCUT2D eigenvalue weighted by molar-refractivity contribution is -0.140. The molecule has 0 aliphatic rings. The van der Waals surface area contributed by atoms with Gasteiger partial charge in [0.15, 0.2) is 0 Å². The van der Waals surface area contributed by atoms with Gasteiger partial charge in [-0.15, -0.1) is 0 Å². The van der Waals surface area contributed by atoms with Crippen molar-refractivity contribution in [1.29, 1.82) is 0 Å². The van der Waals surface area contributed by atoms with Crippen molar-refractivity contribution in [2.24, 2.45) is 0 Å². The van der Waals surface area contributed by atoms with Gasteiger partial charge in [0, 0.05) is 18.5 Å². The molecule has 0 rings (SSSR count). The molecule has 0 radical (unpaired) electrons. The number of amides is 1. The van der Waals surface area contributed by atoms with Gasteiger partial charge in [0.25, 0.3) is 0 Å². The van der Waals surface area contributed by atoms with Gasteiger partial charge in [0.05, 0.1) is 12.7 Å². The van der Waals surface area contributed by atoms with Crippen LogP contribution >= 0.6 is 0 Å². The third-order valence-corrected chi connectivity index (χ3v) is 3.40. The molecule has 25 heavy (non-hydrogen) atoms. The normalized spacial score (nSPS) is 18.1. The van der Waals surface area contributed by atoms with E-state index in [4.69, 9.17) is 10.2 Å². The Morgan fingerprint density at radius 2 is 1.52 bits per heavy atom. The number of carbonyl (C=O) groups is 2. The number of rotatable bonds is 11. The summed E-state index contributed by atoms with van der Waals surface area (Å²) in [5.41, 5.74) is -0.441. The van der Waals surface area contributed by atoms with Crippen molar-refractivity contribution in [3.63, 3.8) is 0 Å². The van der Waals surface area contributed by atoms with Crippen molar-refractivity contribution in [1.82, 2.24) is 10.6 Å². The van der Waals surface area contributed by atoms with Crippen LogP contribution < -0.4 is 10.6 Å². The Balaban J connectivity index is 4.35. The maximum Gasteiger partial charge on any atom is 0.320 e. The van der Waals surface area contributed by atoms with E-state index >= 15 is 0 Å². The van der Waals surface area contributed by atoms with Gasteiger partial charge >= 0.3 is 5.97 Å². The summed E-state index contributed by atoms with van der Waals surface area (Å²) in [5, 5.41) is 60.9. The Morgan fingerprint density at radius 1 is 1.00 bits per heavy atom. The molecule has 0 bridgehead atoms. The highest BCUT2D eigenvalue weighted by molar-refractivity contribution is 5.78. The number of carbonyl (C=O) groups excluding carboxylic acids is 1. The summed E-state index contributed by atoms with van der Waals surface area (Å²) >= 11 is 0. The van der Waals surface area contributed by atoms with E-state index in [-0.39, 0.29) is 12.8 Å². The Bertz CT molecular complexity index is 426. The first-order chi connectivity index (χ1) is 11.4. The third-order valence-electron chi connectivity index (χ3n) is 3.40. The van der Waals surface area contributed by atoms with Crippen molar-refractivity contribution < 1.29 is 40.2 Å². The minimum atomic E-state index is -1.77. The molecule has 0 heterocycles. The fourth-order valence-electron chi connectivity index (χ4n) is 2.05. The average molecular weight is 366 g/mol. The monoisotopic (exact) mass is 366 g/mol. The van der Waals surface area contributed by atoms with E-state index in [2.05, 4.69) is 10.6 Å². The summed E-state index contributed by atoms with van der Waals surface area (Å²) in [7, 11) is 0. The van der Waals surface area contributed by atoms with Crippen LogP contribution in [-0.2, 0) is 9.59 Å². The molecule has 5 unspecified atom stereocenters. The summed E-state index contributed by atoms with van der Waals surface area (Å²) in [4.78, 5) is 22.9. The molecule has 0 aliphatic heterocycles. The number of aliphatic hydroxyl groups excluding tert-OH is 5. The molecule has 10 nitrogen and oxygen atoms in total. The lowest BCUT2D eigenvalue weighted by Gasteiger charge is -2.26. The first kappa shape index (κ1) is 23.7. The zero-order chi connectivity index (χ0) is 19.8. The molecule has 0 saturated heterocycles. The Kier molecular flexibility index (Phi) is 10.1. The van der Waals surface area contributed by atoms with Crippen molar-refractivity contribution in [3.8, 4) is 0 Å². The molecule has 148 valence electrons. The van der Waals surface area contributed by atoms with Crippen molar-refractivity contribution in [2.45, 2.75) is 69.6 Å². The number of aliphatic hydroxyl groups is 5. The van der Waals surface area contributed by atoms with Crippen LogP contribution in [0.15, 0.2) is 0 Å². The van der Waals surface area contributed by atoms with Crippen molar-refractivity contribution in [2.75, 3.05) is 13.2 Å². The van der Waals surface area contributed by atoms with E-state index < -0.39 is 61.0 Å². The maximum absolute atomic E-state index is 11.7. The quantitative estimate of drug-likeness (QED) is 0.191. The van der Waals surface area contributed by atoms with Gasteiger partial charge in [0.1, 0.15) is 24.4 Å². The number of nitrogens with one attached hydrogen (secondary N) is 2. The predicted octanol–water partition coefficient (Wildman–Crippen LogP) is -2.84. The number of carboxylic acids is 1. The highest BCUT2D eigenvalue weighted by Crippen LogP contribution is 2.07. The largest absolute Gasteiger partial charge is 0.480 e. The van der Waals surface area contributed by atoms with Crippen LogP contribution in [0.2, 0.25) is 0 Å². The number of hydrogen-bond donors (Lipinski definition) is 8. The van der Waals surface area contributed by atoms with Gasteiger partial charge in [-0.1, -0.05) is 0 Å². The summed E-state index contributed by atoms with van der Waals surface area (Å²) < 4.78 is 0. The molecular weight excluding hydrogens is 336 g/mol. The van der Waals surface area contributed by atoms with Crippen LogP contribution in [0.1, 0.15) is 33.6 Å². The standard InChI is InChI=1S/C15H30N2O8/c1-15(2,3)17-8(14(24)25)4-5-11(21)16-6-9(19)12(22)13(23)10(20)7-18/h8-10,12-13,17-20,22-23H,4-7H2,1-3H3,(H,16,21)(H,24,25).